The molecule has 7 heteroatoms. The molecule has 28 heavy (non-hydrogen) atoms. The number of carbonyl (C=O) groups excluding carboxylic acids is 1. The molecule has 0 aliphatic carbocycles. The lowest BCUT2D eigenvalue weighted by molar-refractivity contribution is -0.122. The largest absolute Gasteiger partial charge is 0.375 e. The monoisotopic (exact) mass is 404 g/mol. The Hall–Kier alpha value is -2.38. The van der Waals surface area contributed by atoms with Crippen molar-refractivity contribution in [3.05, 3.63) is 65.2 Å². The minimum atomic E-state index is -3.63. The van der Waals surface area contributed by atoms with E-state index < -0.39 is 16.1 Å². The predicted molar refractivity (Wildman–Crippen MR) is 112 cm³/mol. The van der Waals surface area contributed by atoms with E-state index in [1.54, 1.807) is 19.1 Å². The van der Waals surface area contributed by atoms with Crippen LogP contribution in [-0.4, -0.2) is 39.8 Å². The number of anilines is 1. The van der Waals surface area contributed by atoms with Crippen molar-refractivity contribution in [1.29, 1.82) is 0 Å². The highest BCUT2D eigenvalue weighted by molar-refractivity contribution is 7.92. The number of nitrogens with zero attached hydrogens (tertiary/aromatic N) is 1. The van der Waals surface area contributed by atoms with Crippen LogP contribution in [0.5, 0.6) is 0 Å². The van der Waals surface area contributed by atoms with Crippen LogP contribution in [-0.2, 0) is 26.2 Å². The van der Waals surface area contributed by atoms with Crippen molar-refractivity contribution in [2.75, 3.05) is 23.7 Å². The highest BCUT2D eigenvalue weighted by atomic mass is 32.2. The van der Waals surface area contributed by atoms with Gasteiger partial charge in [-0.3, -0.25) is 9.10 Å². The summed E-state index contributed by atoms with van der Waals surface area (Å²) in [7, 11) is -3.63. The number of rotatable bonds is 9. The van der Waals surface area contributed by atoms with Gasteiger partial charge in [0.1, 0.15) is 6.04 Å². The first-order valence-electron chi connectivity index (χ1n) is 9.15. The summed E-state index contributed by atoms with van der Waals surface area (Å²) in [4.78, 5) is 12.5. The van der Waals surface area contributed by atoms with Crippen molar-refractivity contribution >= 4 is 21.6 Å². The fourth-order valence-corrected chi connectivity index (χ4v) is 4.20. The zero-order valence-corrected chi connectivity index (χ0v) is 17.6. The Morgan fingerprint density at radius 1 is 1.11 bits per heavy atom. The molecule has 0 saturated carbocycles. The minimum absolute atomic E-state index is 0.306. The first kappa shape index (κ1) is 21.9. The van der Waals surface area contributed by atoms with E-state index >= 15 is 0 Å². The molecule has 0 unspecified atom stereocenters. The maximum absolute atomic E-state index is 12.5. The molecule has 0 spiro atoms. The average Bonchev–Trinajstić information content (AvgIpc) is 2.60. The number of sulfonamides is 1. The van der Waals surface area contributed by atoms with Gasteiger partial charge in [0.05, 0.1) is 25.2 Å². The summed E-state index contributed by atoms with van der Waals surface area (Å²) < 4.78 is 31.4. The molecule has 0 fully saturated rings. The molecule has 0 saturated heterocycles. The molecule has 152 valence electrons. The molecule has 2 aromatic rings. The van der Waals surface area contributed by atoms with Gasteiger partial charge < -0.3 is 10.1 Å². The maximum atomic E-state index is 12.5. The van der Waals surface area contributed by atoms with Crippen molar-refractivity contribution in [3.63, 3.8) is 0 Å². The van der Waals surface area contributed by atoms with Crippen molar-refractivity contribution < 1.29 is 17.9 Å². The highest BCUT2D eigenvalue weighted by Gasteiger charge is 2.29. The van der Waals surface area contributed by atoms with Crippen LogP contribution in [0.2, 0.25) is 0 Å². The Bertz CT molecular complexity index is 878. The molecule has 0 aromatic heterocycles. The molecule has 0 radical (unpaired) electrons. The number of aryl methyl sites for hydroxylation is 2. The van der Waals surface area contributed by atoms with Gasteiger partial charge in [0.25, 0.3) is 0 Å². The van der Waals surface area contributed by atoms with Crippen LogP contribution in [0.25, 0.3) is 0 Å². The van der Waals surface area contributed by atoms with Gasteiger partial charge in [-0.2, -0.15) is 0 Å². The fourth-order valence-electron chi connectivity index (χ4n) is 3.05. The number of amides is 1. The molecule has 1 amide bonds. The van der Waals surface area contributed by atoms with Gasteiger partial charge in [-0.05, 0) is 49.6 Å². The zero-order chi connectivity index (χ0) is 20.7. The SMILES string of the molecule is Cc1cc(C)cc(N([C@@H](C)C(=O)NCCOCc2ccccc2)S(C)(=O)=O)c1. The lowest BCUT2D eigenvalue weighted by Crippen LogP contribution is -2.48. The third kappa shape index (κ3) is 6.35. The van der Waals surface area contributed by atoms with Gasteiger partial charge in [0.15, 0.2) is 0 Å². The lowest BCUT2D eigenvalue weighted by atomic mass is 10.1. The van der Waals surface area contributed by atoms with Crippen molar-refractivity contribution in [2.24, 2.45) is 0 Å². The van der Waals surface area contributed by atoms with E-state index in [9.17, 15) is 13.2 Å². The van der Waals surface area contributed by atoms with E-state index in [1.807, 2.05) is 50.2 Å². The van der Waals surface area contributed by atoms with Gasteiger partial charge in [0.2, 0.25) is 15.9 Å². The number of ether oxygens (including phenoxy) is 1. The standard InChI is InChI=1S/C21H28N2O4S/c1-16-12-17(2)14-20(13-16)23(28(4,25)26)18(3)21(24)22-10-11-27-15-19-8-6-5-7-9-19/h5-9,12-14,18H,10-11,15H2,1-4H3,(H,22,24)/t18-/m0/s1. The summed E-state index contributed by atoms with van der Waals surface area (Å²) in [6.07, 6.45) is 1.11. The summed E-state index contributed by atoms with van der Waals surface area (Å²) in [6, 6.07) is 14.4. The number of nitrogens with one attached hydrogen (secondary N) is 1. The molecule has 0 aliphatic rings. The first-order valence-corrected chi connectivity index (χ1v) is 11.0. The summed E-state index contributed by atoms with van der Waals surface area (Å²) in [6.45, 7) is 6.48. The molecular weight excluding hydrogens is 376 g/mol. The average molecular weight is 405 g/mol. The number of hydrogen-bond donors (Lipinski definition) is 1. The Labute approximate surface area is 167 Å². The Morgan fingerprint density at radius 2 is 1.71 bits per heavy atom. The lowest BCUT2D eigenvalue weighted by Gasteiger charge is -2.28. The molecule has 1 N–H and O–H groups in total. The van der Waals surface area contributed by atoms with E-state index in [4.69, 9.17) is 4.74 Å². The quantitative estimate of drug-likeness (QED) is 0.652. The van der Waals surface area contributed by atoms with Crippen LogP contribution in [0.3, 0.4) is 0 Å². The van der Waals surface area contributed by atoms with Crippen molar-refractivity contribution in [1.82, 2.24) is 5.32 Å². The topological polar surface area (TPSA) is 75.7 Å². The molecule has 0 heterocycles. The summed E-state index contributed by atoms with van der Waals surface area (Å²) >= 11 is 0. The third-order valence-corrected chi connectivity index (χ3v) is 5.45. The van der Waals surface area contributed by atoms with Gasteiger partial charge in [-0.25, -0.2) is 8.42 Å². The Balaban J connectivity index is 1.96. The highest BCUT2D eigenvalue weighted by Crippen LogP contribution is 2.23. The van der Waals surface area contributed by atoms with Crippen LogP contribution in [0, 0.1) is 13.8 Å². The molecular formula is C21H28N2O4S. The number of hydrogen-bond acceptors (Lipinski definition) is 4. The van der Waals surface area contributed by atoms with Crippen molar-refractivity contribution in [2.45, 2.75) is 33.4 Å². The van der Waals surface area contributed by atoms with Crippen molar-refractivity contribution in [3.8, 4) is 0 Å². The van der Waals surface area contributed by atoms with Crippen LogP contribution < -0.4 is 9.62 Å². The molecule has 0 bridgehead atoms. The smallest absolute Gasteiger partial charge is 0.243 e. The zero-order valence-electron chi connectivity index (χ0n) is 16.8. The third-order valence-electron chi connectivity index (χ3n) is 4.21. The van der Waals surface area contributed by atoms with Crippen LogP contribution in [0.15, 0.2) is 48.5 Å². The summed E-state index contributed by atoms with van der Waals surface area (Å²) in [5.74, 6) is -0.368. The minimum Gasteiger partial charge on any atom is -0.375 e. The number of benzene rings is 2. The molecule has 2 rings (SSSR count). The van der Waals surface area contributed by atoms with Gasteiger partial charge in [0, 0.05) is 6.54 Å². The first-order chi connectivity index (χ1) is 13.2. The predicted octanol–water partition coefficient (Wildman–Crippen LogP) is 2.79. The van der Waals surface area contributed by atoms with Gasteiger partial charge in [-0.1, -0.05) is 36.4 Å². The number of carbonyl (C=O) groups is 1. The second kappa shape index (κ2) is 9.71. The van der Waals surface area contributed by atoms with Gasteiger partial charge in [-0.15, -0.1) is 0 Å². The summed E-state index contributed by atoms with van der Waals surface area (Å²) in [5.41, 5.74) is 3.42. The molecule has 0 aliphatic heterocycles. The van der Waals surface area contributed by atoms with E-state index in [-0.39, 0.29) is 5.91 Å². The van der Waals surface area contributed by atoms with E-state index in [0.29, 0.717) is 25.4 Å². The normalized spacial score (nSPS) is 12.4. The van der Waals surface area contributed by atoms with E-state index in [0.717, 1.165) is 27.3 Å². The Morgan fingerprint density at radius 3 is 2.29 bits per heavy atom. The van der Waals surface area contributed by atoms with Gasteiger partial charge >= 0.3 is 0 Å². The fraction of sp³-hybridized carbons (Fsp3) is 0.381. The van der Waals surface area contributed by atoms with E-state index in [1.165, 1.54) is 0 Å². The van der Waals surface area contributed by atoms with Crippen LogP contribution in [0.1, 0.15) is 23.6 Å². The molecule has 2 aromatic carbocycles. The summed E-state index contributed by atoms with van der Waals surface area (Å²) in [5, 5.41) is 2.75. The van der Waals surface area contributed by atoms with Crippen LogP contribution >= 0.6 is 0 Å². The molecule has 1 atom stereocenters. The van der Waals surface area contributed by atoms with Crippen LogP contribution in [0.4, 0.5) is 5.69 Å². The second-order valence-corrected chi connectivity index (χ2v) is 8.77. The Kier molecular flexibility index (Phi) is 7.60. The maximum Gasteiger partial charge on any atom is 0.243 e. The van der Waals surface area contributed by atoms with E-state index in [2.05, 4.69) is 5.32 Å². The molecule has 6 nitrogen and oxygen atoms in total. The second-order valence-electron chi connectivity index (χ2n) is 6.91.